The summed E-state index contributed by atoms with van der Waals surface area (Å²) in [7, 11) is 0. The minimum Gasteiger partial charge on any atom is -0.449 e. The molecule has 0 aromatic heterocycles. The van der Waals surface area contributed by atoms with Crippen LogP contribution in [0.15, 0.2) is 0 Å². The maximum atomic E-state index is 10.6. The first-order chi connectivity index (χ1) is 5.16. The van der Waals surface area contributed by atoms with Crippen LogP contribution >= 0.6 is 0 Å². The molecular formula is C7H13NO3. The fourth-order valence-corrected chi connectivity index (χ4v) is 0.488. The SMILES string of the molecule is CCNCOC(=O)CC(C)=O. The van der Waals surface area contributed by atoms with Crippen LogP contribution in [0.3, 0.4) is 0 Å². The largest absolute Gasteiger partial charge is 0.449 e. The van der Waals surface area contributed by atoms with Crippen molar-refractivity contribution in [2.45, 2.75) is 20.3 Å². The van der Waals surface area contributed by atoms with E-state index in [1.165, 1.54) is 6.92 Å². The summed E-state index contributed by atoms with van der Waals surface area (Å²) in [6.45, 7) is 4.18. The minimum atomic E-state index is -0.474. The summed E-state index contributed by atoms with van der Waals surface area (Å²) in [6.07, 6.45) is -0.134. The third-order valence-electron chi connectivity index (χ3n) is 0.979. The number of nitrogens with one attached hydrogen (secondary N) is 1. The second-order valence-electron chi connectivity index (χ2n) is 2.14. The lowest BCUT2D eigenvalue weighted by Crippen LogP contribution is -2.21. The van der Waals surface area contributed by atoms with Gasteiger partial charge in [0.2, 0.25) is 0 Å². The van der Waals surface area contributed by atoms with Gasteiger partial charge in [-0.25, -0.2) is 0 Å². The second kappa shape index (κ2) is 5.85. The Hall–Kier alpha value is -0.900. The van der Waals surface area contributed by atoms with Crippen LogP contribution in [0.1, 0.15) is 20.3 Å². The summed E-state index contributed by atoms with van der Waals surface area (Å²) < 4.78 is 4.62. The Morgan fingerprint density at radius 2 is 2.09 bits per heavy atom. The highest BCUT2D eigenvalue weighted by molar-refractivity contribution is 5.94. The van der Waals surface area contributed by atoms with Gasteiger partial charge in [-0.15, -0.1) is 0 Å². The Labute approximate surface area is 65.9 Å². The van der Waals surface area contributed by atoms with E-state index < -0.39 is 5.97 Å². The van der Waals surface area contributed by atoms with Crippen molar-refractivity contribution in [3.63, 3.8) is 0 Å². The van der Waals surface area contributed by atoms with E-state index in [0.29, 0.717) is 0 Å². The van der Waals surface area contributed by atoms with Crippen molar-refractivity contribution in [3.05, 3.63) is 0 Å². The Morgan fingerprint density at radius 1 is 1.45 bits per heavy atom. The number of ether oxygens (including phenoxy) is 1. The van der Waals surface area contributed by atoms with Crippen LogP contribution < -0.4 is 5.32 Å². The van der Waals surface area contributed by atoms with E-state index in [-0.39, 0.29) is 18.9 Å². The number of hydrogen-bond acceptors (Lipinski definition) is 4. The van der Waals surface area contributed by atoms with E-state index in [4.69, 9.17) is 0 Å². The zero-order valence-electron chi connectivity index (χ0n) is 6.85. The number of hydrogen-bond donors (Lipinski definition) is 1. The van der Waals surface area contributed by atoms with Crippen molar-refractivity contribution in [2.24, 2.45) is 0 Å². The average molecular weight is 159 g/mol. The van der Waals surface area contributed by atoms with Crippen LogP contribution in [0.2, 0.25) is 0 Å². The summed E-state index contributed by atoms with van der Waals surface area (Å²) in [6, 6.07) is 0. The number of carbonyl (C=O) groups excluding carboxylic acids is 2. The van der Waals surface area contributed by atoms with Crippen LogP contribution in [0.25, 0.3) is 0 Å². The molecule has 0 aromatic rings. The summed E-state index contributed by atoms with van der Waals surface area (Å²) in [5, 5.41) is 2.80. The first-order valence-electron chi connectivity index (χ1n) is 3.52. The molecule has 0 fully saturated rings. The molecule has 4 nitrogen and oxygen atoms in total. The van der Waals surface area contributed by atoms with E-state index in [9.17, 15) is 9.59 Å². The molecule has 0 aliphatic heterocycles. The van der Waals surface area contributed by atoms with Gasteiger partial charge in [0.1, 0.15) is 18.9 Å². The zero-order chi connectivity index (χ0) is 8.69. The van der Waals surface area contributed by atoms with Crippen molar-refractivity contribution in [1.29, 1.82) is 0 Å². The predicted molar refractivity (Wildman–Crippen MR) is 39.9 cm³/mol. The molecule has 11 heavy (non-hydrogen) atoms. The van der Waals surface area contributed by atoms with Crippen LogP contribution in [0, 0.1) is 0 Å². The van der Waals surface area contributed by atoms with Crippen LogP contribution in [-0.4, -0.2) is 25.0 Å². The van der Waals surface area contributed by atoms with E-state index in [2.05, 4.69) is 10.1 Å². The lowest BCUT2D eigenvalue weighted by Gasteiger charge is -2.02. The molecular weight excluding hydrogens is 146 g/mol. The number of rotatable bonds is 5. The number of ketones is 1. The summed E-state index contributed by atoms with van der Waals surface area (Å²) in [5.74, 6) is -0.648. The third-order valence-corrected chi connectivity index (χ3v) is 0.979. The van der Waals surface area contributed by atoms with Gasteiger partial charge in [-0.05, 0) is 13.5 Å². The van der Waals surface area contributed by atoms with Crippen molar-refractivity contribution in [3.8, 4) is 0 Å². The average Bonchev–Trinajstić information content (AvgIpc) is 1.86. The fraction of sp³-hybridized carbons (Fsp3) is 0.714. The van der Waals surface area contributed by atoms with E-state index >= 15 is 0 Å². The summed E-state index contributed by atoms with van der Waals surface area (Å²) in [5.41, 5.74) is 0. The Morgan fingerprint density at radius 3 is 2.55 bits per heavy atom. The molecule has 0 aromatic carbocycles. The molecule has 0 bridgehead atoms. The first-order valence-corrected chi connectivity index (χ1v) is 3.52. The Balaban J connectivity index is 3.30. The van der Waals surface area contributed by atoms with Crippen LogP contribution in [-0.2, 0) is 14.3 Å². The van der Waals surface area contributed by atoms with Gasteiger partial charge >= 0.3 is 5.97 Å². The highest BCUT2D eigenvalue weighted by atomic mass is 16.5. The lowest BCUT2D eigenvalue weighted by molar-refractivity contribution is -0.146. The molecule has 0 spiro atoms. The quantitative estimate of drug-likeness (QED) is 0.267. The molecule has 1 N–H and O–H groups in total. The Bertz CT molecular complexity index is 145. The molecule has 0 saturated heterocycles. The van der Waals surface area contributed by atoms with Gasteiger partial charge in [0.15, 0.2) is 0 Å². The highest BCUT2D eigenvalue weighted by Gasteiger charge is 2.04. The van der Waals surface area contributed by atoms with E-state index in [0.717, 1.165) is 6.54 Å². The maximum Gasteiger partial charge on any atom is 0.314 e. The monoisotopic (exact) mass is 159 g/mol. The van der Waals surface area contributed by atoms with Gasteiger partial charge in [-0.2, -0.15) is 0 Å². The third kappa shape index (κ3) is 6.99. The fourth-order valence-electron chi connectivity index (χ4n) is 0.488. The summed E-state index contributed by atoms with van der Waals surface area (Å²) in [4.78, 5) is 21.0. The van der Waals surface area contributed by atoms with Crippen molar-refractivity contribution in [2.75, 3.05) is 13.3 Å². The molecule has 0 amide bonds. The molecule has 0 aliphatic carbocycles. The van der Waals surface area contributed by atoms with Crippen LogP contribution in [0.5, 0.6) is 0 Å². The molecule has 0 heterocycles. The van der Waals surface area contributed by atoms with Gasteiger partial charge < -0.3 is 4.74 Å². The normalized spacial score (nSPS) is 9.27. The van der Waals surface area contributed by atoms with E-state index in [1.54, 1.807) is 0 Å². The predicted octanol–water partition coefficient (Wildman–Crippen LogP) is 0.0757. The molecule has 0 saturated carbocycles. The second-order valence-corrected chi connectivity index (χ2v) is 2.14. The maximum absolute atomic E-state index is 10.6. The molecule has 0 atom stereocenters. The van der Waals surface area contributed by atoms with Gasteiger partial charge in [0.25, 0.3) is 0 Å². The summed E-state index contributed by atoms with van der Waals surface area (Å²) >= 11 is 0. The standard InChI is InChI=1S/C7H13NO3/c1-3-8-5-11-7(10)4-6(2)9/h8H,3-5H2,1-2H3. The molecule has 64 valence electrons. The number of carbonyl (C=O) groups is 2. The number of esters is 1. The van der Waals surface area contributed by atoms with E-state index in [1.807, 2.05) is 6.92 Å². The van der Waals surface area contributed by atoms with Crippen molar-refractivity contribution >= 4 is 11.8 Å². The van der Waals surface area contributed by atoms with Gasteiger partial charge in [-0.1, -0.05) is 6.92 Å². The topological polar surface area (TPSA) is 55.4 Å². The highest BCUT2D eigenvalue weighted by Crippen LogP contribution is 1.85. The number of Topliss-reactive ketones (excluding diaryl/α,β-unsaturated/α-hetero) is 1. The minimum absolute atomic E-state index is 0.134. The van der Waals surface area contributed by atoms with Gasteiger partial charge in [0, 0.05) is 0 Å². The molecule has 0 radical (unpaired) electrons. The Kier molecular flexibility index (Phi) is 5.37. The molecule has 0 rings (SSSR count). The first kappa shape index (κ1) is 10.1. The zero-order valence-corrected chi connectivity index (χ0v) is 6.85. The molecule has 4 heteroatoms. The van der Waals surface area contributed by atoms with Gasteiger partial charge in [0.05, 0.1) is 0 Å². The van der Waals surface area contributed by atoms with Gasteiger partial charge in [-0.3, -0.25) is 14.9 Å². The van der Waals surface area contributed by atoms with Crippen molar-refractivity contribution in [1.82, 2.24) is 5.32 Å². The molecule has 0 aliphatic rings. The smallest absolute Gasteiger partial charge is 0.314 e. The molecule has 0 unspecified atom stereocenters. The van der Waals surface area contributed by atoms with Crippen LogP contribution in [0.4, 0.5) is 0 Å². The van der Waals surface area contributed by atoms with Crippen molar-refractivity contribution < 1.29 is 14.3 Å². The lowest BCUT2D eigenvalue weighted by atomic mass is 10.3.